The largest absolute Gasteiger partial charge is 0.485 e. The molecular formula is C25H25ClF2N4O2. The Labute approximate surface area is 201 Å². The van der Waals surface area contributed by atoms with Gasteiger partial charge in [0, 0.05) is 42.0 Å². The van der Waals surface area contributed by atoms with Crippen LogP contribution in [-0.4, -0.2) is 53.9 Å². The summed E-state index contributed by atoms with van der Waals surface area (Å²) in [6, 6.07) is 11.2. The third kappa shape index (κ3) is 4.98. The third-order valence-electron chi connectivity index (χ3n) is 6.02. The summed E-state index contributed by atoms with van der Waals surface area (Å²) in [4.78, 5) is 21.2. The van der Waals surface area contributed by atoms with E-state index in [-0.39, 0.29) is 34.7 Å². The maximum Gasteiger partial charge on any atom is 0.253 e. The lowest BCUT2D eigenvalue weighted by Crippen LogP contribution is -2.34. The predicted octanol–water partition coefficient (Wildman–Crippen LogP) is 4.62. The van der Waals surface area contributed by atoms with E-state index >= 15 is 0 Å². The molecular weight excluding hydrogens is 462 g/mol. The van der Waals surface area contributed by atoms with Crippen LogP contribution in [0.4, 0.5) is 14.6 Å². The molecule has 1 aliphatic rings. The normalized spacial score (nSPS) is 15.7. The summed E-state index contributed by atoms with van der Waals surface area (Å²) < 4.78 is 33.4. The summed E-state index contributed by atoms with van der Waals surface area (Å²) in [6.45, 7) is 1.08. The van der Waals surface area contributed by atoms with Gasteiger partial charge >= 0.3 is 0 Å². The standard InChI is InChI=1S/C25H25ClF2N4O2/c1-31(2)18-8-9-32(13-18)25(33)16-5-3-4-15(10-16)17-11-22(24(29)30-12-17)34-14-19-20(27)6-7-21(28)23(19)26/h3-7,10-12,18H,8-9,13-14H2,1-2H3,(H2,29,30)/t18-/m0/s1. The maximum atomic E-state index is 14.1. The lowest BCUT2D eigenvalue weighted by atomic mass is 10.0. The number of likely N-dealkylation sites (tertiary alicyclic amines) is 1. The summed E-state index contributed by atoms with van der Waals surface area (Å²) in [5, 5.41) is -0.340. The van der Waals surface area contributed by atoms with Crippen LogP contribution in [0.25, 0.3) is 11.1 Å². The number of hydrogen-bond donors (Lipinski definition) is 1. The number of carbonyl (C=O) groups is 1. The van der Waals surface area contributed by atoms with Crippen LogP contribution in [0.5, 0.6) is 5.75 Å². The highest BCUT2D eigenvalue weighted by Crippen LogP contribution is 2.30. The number of nitrogens with two attached hydrogens (primary N) is 1. The van der Waals surface area contributed by atoms with E-state index in [1.807, 2.05) is 25.1 Å². The zero-order valence-corrected chi connectivity index (χ0v) is 19.6. The quantitative estimate of drug-likeness (QED) is 0.515. The summed E-state index contributed by atoms with van der Waals surface area (Å²) in [6.07, 6.45) is 2.51. The zero-order chi connectivity index (χ0) is 24.4. The first-order chi connectivity index (χ1) is 16.2. The van der Waals surface area contributed by atoms with Crippen LogP contribution < -0.4 is 10.5 Å². The molecule has 2 aromatic carbocycles. The van der Waals surface area contributed by atoms with Gasteiger partial charge in [0.05, 0.1) is 5.02 Å². The predicted molar refractivity (Wildman–Crippen MR) is 128 cm³/mol. The van der Waals surface area contributed by atoms with Gasteiger partial charge in [0.15, 0.2) is 11.6 Å². The smallest absolute Gasteiger partial charge is 0.253 e. The molecule has 0 unspecified atom stereocenters. The van der Waals surface area contributed by atoms with Gasteiger partial charge in [-0.25, -0.2) is 13.8 Å². The second kappa shape index (κ2) is 9.95. The van der Waals surface area contributed by atoms with Crippen molar-refractivity contribution in [3.63, 3.8) is 0 Å². The Morgan fingerprint density at radius 3 is 2.71 bits per heavy atom. The van der Waals surface area contributed by atoms with Crippen molar-refractivity contribution < 1.29 is 18.3 Å². The number of aromatic nitrogens is 1. The molecule has 34 heavy (non-hydrogen) atoms. The SMILES string of the molecule is CN(C)[C@H]1CCN(C(=O)c2cccc(-c3cnc(N)c(OCc4c(F)ccc(F)c4Cl)c3)c2)C1. The van der Waals surface area contributed by atoms with Crippen molar-refractivity contribution in [2.75, 3.05) is 32.9 Å². The fraction of sp³-hybridized carbons (Fsp3) is 0.280. The first-order valence-corrected chi connectivity index (χ1v) is 11.2. The van der Waals surface area contributed by atoms with E-state index in [4.69, 9.17) is 22.1 Å². The number of carbonyl (C=O) groups excluding carboxylic acids is 1. The van der Waals surface area contributed by atoms with Crippen LogP contribution in [-0.2, 0) is 6.61 Å². The molecule has 0 saturated carbocycles. The molecule has 2 N–H and O–H groups in total. The number of likely N-dealkylation sites (N-methyl/N-ethyl adjacent to an activating group) is 1. The topological polar surface area (TPSA) is 71.7 Å². The highest BCUT2D eigenvalue weighted by Gasteiger charge is 2.28. The molecule has 0 radical (unpaired) electrons. The van der Waals surface area contributed by atoms with E-state index in [9.17, 15) is 13.6 Å². The molecule has 3 aromatic rings. The van der Waals surface area contributed by atoms with Crippen LogP contribution in [0, 0.1) is 11.6 Å². The van der Waals surface area contributed by atoms with Crippen LogP contribution in [0.2, 0.25) is 5.02 Å². The van der Waals surface area contributed by atoms with Crippen molar-refractivity contribution in [3.05, 3.63) is 76.4 Å². The number of pyridine rings is 1. The Balaban J connectivity index is 1.54. The summed E-state index contributed by atoms with van der Waals surface area (Å²) in [7, 11) is 4.04. The molecule has 9 heteroatoms. The van der Waals surface area contributed by atoms with Crippen molar-refractivity contribution >= 4 is 23.3 Å². The molecule has 1 saturated heterocycles. The third-order valence-corrected chi connectivity index (χ3v) is 6.43. The molecule has 1 atom stereocenters. The molecule has 2 heterocycles. The van der Waals surface area contributed by atoms with Gasteiger partial charge < -0.3 is 20.3 Å². The highest BCUT2D eigenvalue weighted by molar-refractivity contribution is 6.31. The number of anilines is 1. The maximum absolute atomic E-state index is 14.1. The van der Waals surface area contributed by atoms with Gasteiger partial charge in [0.1, 0.15) is 18.2 Å². The highest BCUT2D eigenvalue weighted by atomic mass is 35.5. The average Bonchev–Trinajstić information content (AvgIpc) is 3.33. The first kappa shape index (κ1) is 23.9. The van der Waals surface area contributed by atoms with Gasteiger partial charge in [-0.05, 0) is 56.4 Å². The molecule has 4 rings (SSSR count). The van der Waals surface area contributed by atoms with Crippen LogP contribution in [0.15, 0.2) is 48.7 Å². The van der Waals surface area contributed by atoms with E-state index in [2.05, 4.69) is 9.88 Å². The summed E-state index contributed by atoms with van der Waals surface area (Å²) in [5.41, 5.74) is 7.81. The summed E-state index contributed by atoms with van der Waals surface area (Å²) in [5.74, 6) is -1.16. The lowest BCUT2D eigenvalue weighted by Gasteiger charge is -2.20. The van der Waals surface area contributed by atoms with Crippen LogP contribution in [0.3, 0.4) is 0 Å². The summed E-state index contributed by atoms with van der Waals surface area (Å²) >= 11 is 5.88. The van der Waals surface area contributed by atoms with Gasteiger partial charge in [0.25, 0.3) is 5.91 Å². The average molecular weight is 487 g/mol. The van der Waals surface area contributed by atoms with Crippen molar-refractivity contribution in [2.24, 2.45) is 0 Å². The molecule has 1 fully saturated rings. The number of amides is 1. The molecule has 1 amide bonds. The van der Waals surface area contributed by atoms with Crippen molar-refractivity contribution in [3.8, 4) is 16.9 Å². The number of benzene rings is 2. The van der Waals surface area contributed by atoms with E-state index in [0.29, 0.717) is 30.3 Å². The molecule has 6 nitrogen and oxygen atoms in total. The number of rotatable bonds is 6. The van der Waals surface area contributed by atoms with E-state index in [0.717, 1.165) is 24.1 Å². The Morgan fingerprint density at radius 2 is 1.97 bits per heavy atom. The Kier molecular flexibility index (Phi) is 7.00. The zero-order valence-electron chi connectivity index (χ0n) is 18.9. The second-order valence-electron chi connectivity index (χ2n) is 8.46. The fourth-order valence-corrected chi connectivity index (χ4v) is 4.15. The van der Waals surface area contributed by atoms with Crippen molar-refractivity contribution in [1.29, 1.82) is 0 Å². The van der Waals surface area contributed by atoms with Gasteiger partial charge in [-0.1, -0.05) is 23.7 Å². The van der Waals surface area contributed by atoms with E-state index < -0.39 is 11.6 Å². The number of nitrogens with zero attached hydrogens (tertiary/aromatic N) is 3. The number of nitrogen functional groups attached to an aromatic ring is 1. The van der Waals surface area contributed by atoms with Crippen molar-refractivity contribution in [2.45, 2.75) is 19.1 Å². The lowest BCUT2D eigenvalue weighted by molar-refractivity contribution is 0.0783. The van der Waals surface area contributed by atoms with Gasteiger partial charge in [-0.2, -0.15) is 0 Å². The second-order valence-corrected chi connectivity index (χ2v) is 8.83. The van der Waals surface area contributed by atoms with E-state index in [1.54, 1.807) is 30.5 Å². The fourth-order valence-electron chi connectivity index (χ4n) is 3.94. The Morgan fingerprint density at radius 1 is 1.21 bits per heavy atom. The van der Waals surface area contributed by atoms with Crippen LogP contribution in [0.1, 0.15) is 22.3 Å². The molecule has 1 aliphatic heterocycles. The number of halogens is 3. The first-order valence-electron chi connectivity index (χ1n) is 10.8. The molecule has 0 spiro atoms. The van der Waals surface area contributed by atoms with Gasteiger partial charge in [-0.15, -0.1) is 0 Å². The monoisotopic (exact) mass is 486 g/mol. The van der Waals surface area contributed by atoms with E-state index in [1.165, 1.54) is 0 Å². The number of ether oxygens (including phenoxy) is 1. The molecule has 1 aromatic heterocycles. The molecule has 178 valence electrons. The molecule has 0 bridgehead atoms. The van der Waals surface area contributed by atoms with Gasteiger partial charge in [0.2, 0.25) is 0 Å². The Bertz CT molecular complexity index is 1220. The number of hydrogen-bond acceptors (Lipinski definition) is 5. The minimum atomic E-state index is -0.738. The molecule has 0 aliphatic carbocycles. The minimum Gasteiger partial charge on any atom is -0.485 e. The van der Waals surface area contributed by atoms with Gasteiger partial charge in [-0.3, -0.25) is 4.79 Å². The minimum absolute atomic E-state index is 0.0256. The Hall–Kier alpha value is -3.23. The van der Waals surface area contributed by atoms with Crippen LogP contribution >= 0.6 is 11.6 Å². The van der Waals surface area contributed by atoms with Crippen molar-refractivity contribution in [1.82, 2.24) is 14.8 Å².